The molecule has 1 rings (SSSR count). The van der Waals surface area contributed by atoms with Gasteiger partial charge in [-0.25, -0.2) is 4.79 Å². The highest BCUT2D eigenvalue weighted by molar-refractivity contribution is 5.68. The minimum atomic E-state index is -0.167. The van der Waals surface area contributed by atoms with Crippen molar-refractivity contribution >= 4 is 6.09 Å². The Morgan fingerprint density at radius 1 is 1.57 bits per heavy atom. The lowest BCUT2D eigenvalue weighted by Crippen LogP contribution is -2.60. The number of quaternary nitrogens is 1. The third-order valence-corrected chi connectivity index (χ3v) is 2.74. The van der Waals surface area contributed by atoms with Crippen LogP contribution in [0.4, 0.5) is 4.79 Å². The molecule has 4 heteroatoms. The maximum atomic E-state index is 11.5. The van der Waals surface area contributed by atoms with Crippen molar-refractivity contribution in [2.24, 2.45) is 0 Å². The first-order chi connectivity index (χ1) is 6.46. The highest BCUT2D eigenvalue weighted by Crippen LogP contribution is 2.14. The second kappa shape index (κ2) is 4.17. The molecule has 1 amide bonds. The van der Waals surface area contributed by atoms with E-state index in [9.17, 15) is 4.79 Å². The lowest BCUT2D eigenvalue weighted by atomic mass is 10.2. The van der Waals surface area contributed by atoms with Crippen LogP contribution in [0.3, 0.4) is 0 Å². The van der Waals surface area contributed by atoms with Crippen LogP contribution in [0, 0.1) is 0 Å². The Balaban J connectivity index is 2.53. The van der Waals surface area contributed by atoms with Gasteiger partial charge in [0, 0.05) is 0 Å². The van der Waals surface area contributed by atoms with E-state index in [-0.39, 0.29) is 12.1 Å². The van der Waals surface area contributed by atoms with Crippen molar-refractivity contribution < 1.29 is 14.0 Å². The lowest BCUT2D eigenvalue weighted by molar-refractivity contribution is -0.897. The predicted octanol–water partition coefficient (Wildman–Crippen LogP) is 0.923. The molecule has 1 fully saturated rings. The van der Waals surface area contributed by atoms with Crippen LogP contribution in [0.1, 0.15) is 13.8 Å². The van der Waals surface area contributed by atoms with Gasteiger partial charge in [0.1, 0.15) is 0 Å². The number of hydrogen-bond acceptors (Lipinski definition) is 2. The Hall–Kier alpha value is -0.770. The number of rotatable bonds is 1. The Labute approximate surface area is 86.0 Å². The molecule has 0 aromatic heterocycles. The first kappa shape index (κ1) is 11.3. The highest BCUT2D eigenvalue weighted by Gasteiger charge is 2.33. The number of amides is 1. The molecule has 0 saturated carbocycles. The van der Waals surface area contributed by atoms with Crippen LogP contribution in [0.15, 0.2) is 0 Å². The van der Waals surface area contributed by atoms with Crippen LogP contribution in [-0.4, -0.2) is 61.9 Å². The molecule has 0 N–H and O–H groups in total. The summed E-state index contributed by atoms with van der Waals surface area (Å²) in [6, 6.07) is 0.276. The largest absolute Gasteiger partial charge is 0.450 e. The van der Waals surface area contributed by atoms with Gasteiger partial charge in [0.05, 0.1) is 46.4 Å². The second-order valence-electron chi connectivity index (χ2n) is 4.58. The molecular formula is C10H21N2O2+. The third-order valence-electron chi connectivity index (χ3n) is 2.74. The zero-order valence-electron chi connectivity index (χ0n) is 9.62. The van der Waals surface area contributed by atoms with E-state index >= 15 is 0 Å². The average molecular weight is 201 g/mol. The van der Waals surface area contributed by atoms with Gasteiger partial charge >= 0.3 is 6.09 Å². The number of carbonyl (C=O) groups excluding carboxylic acids is 1. The number of hydrogen-bond donors (Lipinski definition) is 0. The van der Waals surface area contributed by atoms with Gasteiger partial charge in [-0.2, -0.15) is 0 Å². The van der Waals surface area contributed by atoms with Crippen molar-refractivity contribution in [2.45, 2.75) is 19.9 Å². The molecular weight excluding hydrogens is 180 g/mol. The van der Waals surface area contributed by atoms with E-state index in [1.54, 1.807) is 0 Å². The molecule has 0 bridgehead atoms. The number of ether oxygens (including phenoxy) is 1. The number of nitrogens with zero attached hydrogens (tertiary/aromatic N) is 2. The molecule has 1 aliphatic rings. The van der Waals surface area contributed by atoms with E-state index in [0.29, 0.717) is 6.61 Å². The van der Waals surface area contributed by atoms with Gasteiger partial charge < -0.3 is 9.22 Å². The van der Waals surface area contributed by atoms with E-state index in [1.807, 2.05) is 11.8 Å². The smallest absolute Gasteiger partial charge is 0.410 e. The van der Waals surface area contributed by atoms with Crippen LogP contribution in [-0.2, 0) is 4.74 Å². The van der Waals surface area contributed by atoms with E-state index in [1.165, 1.54) is 0 Å². The minimum absolute atomic E-state index is 0.167. The van der Waals surface area contributed by atoms with Gasteiger partial charge in [-0.05, 0) is 13.8 Å². The average Bonchev–Trinajstić information content (AvgIpc) is 2.02. The quantitative estimate of drug-likeness (QED) is 0.590. The van der Waals surface area contributed by atoms with Gasteiger partial charge in [-0.15, -0.1) is 0 Å². The predicted molar refractivity (Wildman–Crippen MR) is 55.0 cm³/mol. The van der Waals surface area contributed by atoms with Crippen LogP contribution in [0.2, 0.25) is 0 Å². The second-order valence-corrected chi connectivity index (χ2v) is 4.58. The summed E-state index contributed by atoms with van der Waals surface area (Å²) >= 11 is 0. The maximum absolute atomic E-state index is 11.5. The molecule has 0 radical (unpaired) electrons. The van der Waals surface area contributed by atoms with Gasteiger partial charge in [-0.1, -0.05) is 0 Å². The van der Waals surface area contributed by atoms with Gasteiger partial charge in [0.15, 0.2) is 0 Å². The molecule has 1 saturated heterocycles. The van der Waals surface area contributed by atoms with Crippen LogP contribution >= 0.6 is 0 Å². The zero-order chi connectivity index (χ0) is 10.8. The molecule has 1 atom stereocenters. The molecule has 1 aliphatic heterocycles. The van der Waals surface area contributed by atoms with Gasteiger partial charge in [0.2, 0.25) is 0 Å². The van der Waals surface area contributed by atoms with Crippen molar-refractivity contribution in [1.29, 1.82) is 0 Å². The summed E-state index contributed by atoms with van der Waals surface area (Å²) in [7, 11) is 4.39. The van der Waals surface area contributed by atoms with Crippen molar-refractivity contribution in [3.05, 3.63) is 0 Å². The van der Waals surface area contributed by atoms with Crippen molar-refractivity contribution in [1.82, 2.24) is 4.90 Å². The molecule has 1 heterocycles. The fourth-order valence-corrected chi connectivity index (χ4v) is 1.98. The standard InChI is InChI=1S/C10H21N2O2/c1-5-14-10(13)11-6-7-12(3,4)8-9(11)2/h9H,5-8H2,1-4H3/q+1. The summed E-state index contributed by atoms with van der Waals surface area (Å²) in [4.78, 5) is 13.3. The van der Waals surface area contributed by atoms with Crippen LogP contribution < -0.4 is 0 Å². The van der Waals surface area contributed by atoms with Gasteiger partial charge in [-0.3, -0.25) is 4.90 Å². The summed E-state index contributed by atoms with van der Waals surface area (Å²) in [5.41, 5.74) is 0. The molecule has 1 unspecified atom stereocenters. The number of piperazine rings is 1. The van der Waals surface area contributed by atoms with Crippen molar-refractivity contribution in [2.75, 3.05) is 40.3 Å². The van der Waals surface area contributed by atoms with E-state index in [0.717, 1.165) is 24.1 Å². The van der Waals surface area contributed by atoms with Crippen molar-refractivity contribution in [3.63, 3.8) is 0 Å². The van der Waals surface area contributed by atoms with Gasteiger partial charge in [0.25, 0.3) is 0 Å². The molecule has 0 aromatic rings. The van der Waals surface area contributed by atoms with Crippen molar-refractivity contribution in [3.8, 4) is 0 Å². The van der Waals surface area contributed by atoms with E-state index < -0.39 is 0 Å². The Morgan fingerprint density at radius 2 is 2.21 bits per heavy atom. The Kier molecular flexibility index (Phi) is 3.37. The minimum Gasteiger partial charge on any atom is -0.450 e. The Morgan fingerprint density at radius 3 is 2.71 bits per heavy atom. The summed E-state index contributed by atoms with van der Waals surface area (Å²) in [6.45, 7) is 7.18. The topological polar surface area (TPSA) is 29.5 Å². The SMILES string of the molecule is CCOC(=O)N1CC[N+](C)(C)CC1C. The third kappa shape index (κ3) is 2.61. The first-order valence-corrected chi connectivity index (χ1v) is 5.21. The highest BCUT2D eigenvalue weighted by atomic mass is 16.6. The summed E-state index contributed by atoms with van der Waals surface area (Å²) in [5.74, 6) is 0. The summed E-state index contributed by atoms with van der Waals surface area (Å²) in [5, 5.41) is 0. The molecule has 82 valence electrons. The van der Waals surface area contributed by atoms with Crippen LogP contribution in [0.5, 0.6) is 0 Å². The normalized spacial score (nSPS) is 26.0. The number of likely N-dealkylation sites (N-methyl/N-ethyl adjacent to an activating group) is 1. The Bertz CT molecular complexity index is 216. The zero-order valence-corrected chi connectivity index (χ0v) is 9.62. The first-order valence-electron chi connectivity index (χ1n) is 5.21. The van der Waals surface area contributed by atoms with E-state index in [2.05, 4.69) is 21.0 Å². The van der Waals surface area contributed by atoms with E-state index in [4.69, 9.17) is 4.74 Å². The number of carbonyl (C=O) groups is 1. The lowest BCUT2D eigenvalue weighted by Gasteiger charge is -2.42. The molecule has 4 nitrogen and oxygen atoms in total. The summed E-state index contributed by atoms with van der Waals surface area (Å²) in [6.07, 6.45) is -0.167. The molecule has 0 spiro atoms. The molecule has 0 aliphatic carbocycles. The van der Waals surface area contributed by atoms with Crippen LogP contribution in [0.25, 0.3) is 0 Å². The summed E-state index contributed by atoms with van der Waals surface area (Å²) < 4.78 is 5.98. The molecule has 14 heavy (non-hydrogen) atoms. The fourth-order valence-electron chi connectivity index (χ4n) is 1.98. The fraction of sp³-hybridized carbons (Fsp3) is 0.900. The maximum Gasteiger partial charge on any atom is 0.410 e. The molecule has 0 aromatic carbocycles. The monoisotopic (exact) mass is 201 g/mol.